The topological polar surface area (TPSA) is 95.9 Å². The van der Waals surface area contributed by atoms with Crippen LogP contribution in [0.1, 0.15) is 24.0 Å². The second-order valence-corrected chi connectivity index (χ2v) is 8.01. The second kappa shape index (κ2) is 10.5. The Bertz CT molecular complexity index is 934. The van der Waals surface area contributed by atoms with Gasteiger partial charge in [0.25, 0.3) is 0 Å². The summed E-state index contributed by atoms with van der Waals surface area (Å²) in [6.45, 7) is 0.451. The summed E-state index contributed by atoms with van der Waals surface area (Å²) in [5.74, 6) is -1.77. The number of aliphatic carboxylic acids is 1. The summed E-state index contributed by atoms with van der Waals surface area (Å²) < 4.78 is 5.33. The summed E-state index contributed by atoms with van der Waals surface area (Å²) in [6.07, 6.45) is 0.352. The summed E-state index contributed by atoms with van der Waals surface area (Å²) >= 11 is 12.3. The first-order valence-corrected chi connectivity index (χ1v) is 10.6. The van der Waals surface area contributed by atoms with Crippen LogP contribution in [-0.4, -0.2) is 46.6 Å². The molecule has 2 aromatic rings. The number of rotatable bonds is 7. The molecule has 2 N–H and O–H groups in total. The number of ether oxygens (including phenoxy) is 1. The van der Waals surface area contributed by atoms with E-state index in [0.29, 0.717) is 35.0 Å². The number of hydrogen-bond acceptors (Lipinski definition) is 4. The van der Waals surface area contributed by atoms with Crippen molar-refractivity contribution in [3.63, 3.8) is 0 Å². The number of likely N-dealkylation sites (tertiary alicyclic amines) is 1. The fourth-order valence-corrected chi connectivity index (χ4v) is 4.01. The Morgan fingerprint density at radius 1 is 1.10 bits per heavy atom. The summed E-state index contributed by atoms with van der Waals surface area (Å²) in [6, 6.07) is 12.0. The van der Waals surface area contributed by atoms with Crippen LogP contribution in [0, 0.1) is 0 Å². The molecule has 1 saturated heterocycles. The van der Waals surface area contributed by atoms with E-state index < -0.39 is 30.1 Å². The molecule has 0 aromatic heterocycles. The highest BCUT2D eigenvalue weighted by Gasteiger charge is 2.37. The third-order valence-electron chi connectivity index (χ3n) is 5.08. The molecule has 2 atom stereocenters. The zero-order valence-electron chi connectivity index (χ0n) is 16.6. The minimum atomic E-state index is -1.24. The minimum absolute atomic E-state index is 0.0786. The highest BCUT2D eigenvalue weighted by Crippen LogP contribution is 2.26. The van der Waals surface area contributed by atoms with Gasteiger partial charge in [-0.15, -0.1) is 0 Å². The van der Waals surface area contributed by atoms with Crippen molar-refractivity contribution in [3.8, 4) is 0 Å². The third kappa shape index (κ3) is 5.89. The summed E-state index contributed by atoms with van der Waals surface area (Å²) in [5, 5.41) is 12.7. The van der Waals surface area contributed by atoms with E-state index in [9.17, 15) is 19.5 Å². The number of carboxylic acid groups (broad SMARTS) is 1. The van der Waals surface area contributed by atoms with Gasteiger partial charge in [0, 0.05) is 23.0 Å². The van der Waals surface area contributed by atoms with E-state index >= 15 is 0 Å². The van der Waals surface area contributed by atoms with Crippen LogP contribution in [0.25, 0.3) is 0 Å². The average molecular weight is 465 g/mol. The van der Waals surface area contributed by atoms with E-state index in [-0.39, 0.29) is 13.0 Å². The Kier molecular flexibility index (Phi) is 7.76. The fraction of sp³-hybridized carbons (Fsp3) is 0.318. The molecule has 0 bridgehead atoms. The van der Waals surface area contributed by atoms with Gasteiger partial charge in [0.15, 0.2) is 0 Å². The summed E-state index contributed by atoms with van der Waals surface area (Å²) in [5.41, 5.74) is 1.27. The Morgan fingerprint density at radius 3 is 2.42 bits per heavy atom. The van der Waals surface area contributed by atoms with E-state index in [0.717, 1.165) is 5.56 Å². The zero-order chi connectivity index (χ0) is 22.4. The normalized spacial score (nSPS) is 16.6. The average Bonchev–Trinajstić information content (AvgIpc) is 3.24. The molecule has 0 unspecified atom stereocenters. The molecule has 3 rings (SSSR count). The predicted octanol–water partition coefficient (Wildman–Crippen LogP) is 3.91. The first-order valence-electron chi connectivity index (χ1n) is 9.80. The van der Waals surface area contributed by atoms with Crippen LogP contribution in [0.2, 0.25) is 10.0 Å². The fourth-order valence-electron chi connectivity index (χ4n) is 3.46. The maximum absolute atomic E-state index is 12.8. The van der Waals surface area contributed by atoms with Crippen molar-refractivity contribution in [2.45, 2.75) is 38.0 Å². The molecular weight excluding hydrogens is 443 g/mol. The third-order valence-corrected chi connectivity index (χ3v) is 5.79. The van der Waals surface area contributed by atoms with Gasteiger partial charge in [-0.2, -0.15) is 0 Å². The van der Waals surface area contributed by atoms with Crippen molar-refractivity contribution >= 4 is 41.2 Å². The van der Waals surface area contributed by atoms with E-state index in [1.807, 2.05) is 30.3 Å². The lowest BCUT2D eigenvalue weighted by atomic mass is 10.0. The Balaban J connectivity index is 1.64. The lowest BCUT2D eigenvalue weighted by Crippen LogP contribution is -2.51. The number of carbonyl (C=O) groups is 3. The number of nitrogens with one attached hydrogen (secondary N) is 1. The van der Waals surface area contributed by atoms with Gasteiger partial charge in [0.1, 0.15) is 18.7 Å². The standard InChI is InChI=1S/C22H22Cl2N2O5/c23-16-8-4-9-17(24)15(16)12-18(21(28)29)25-20(27)19-10-5-11-26(19)22(30)31-13-14-6-2-1-3-7-14/h1-4,6-9,18-19H,5,10-13H2,(H,25,27)(H,28,29)/t18-,19-/m1/s1. The first-order chi connectivity index (χ1) is 14.9. The van der Waals surface area contributed by atoms with Crippen LogP contribution in [0.4, 0.5) is 4.79 Å². The van der Waals surface area contributed by atoms with Gasteiger partial charge in [-0.1, -0.05) is 59.6 Å². The number of carbonyl (C=O) groups excluding carboxylic acids is 2. The van der Waals surface area contributed by atoms with E-state index in [2.05, 4.69) is 5.32 Å². The molecule has 1 heterocycles. The number of nitrogens with zero attached hydrogens (tertiary/aromatic N) is 1. The first kappa shape index (κ1) is 22.9. The van der Waals surface area contributed by atoms with Crippen molar-refractivity contribution in [2.75, 3.05) is 6.54 Å². The maximum atomic E-state index is 12.8. The number of carboxylic acids is 1. The highest BCUT2D eigenvalue weighted by molar-refractivity contribution is 6.36. The highest BCUT2D eigenvalue weighted by atomic mass is 35.5. The van der Waals surface area contributed by atoms with E-state index in [1.54, 1.807) is 18.2 Å². The van der Waals surface area contributed by atoms with Crippen LogP contribution in [0.5, 0.6) is 0 Å². The van der Waals surface area contributed by atoms with E-state index in [1.165, 1.54) is 4.90 Å². The van der Waals surface area contributed by atoms with Crippen LogP contribution < -0.4 is 5.32 Å². The van der Waals surface area contributed by atoms with Gasteiger partial charge >= 0.3 is 12.1 Å². The minimum Gasteiger partial charge on any atom is -0.480 e. The van der Waals surface area contributed by atoms with Crippen molar-refractivity contribution in [2.24, 2.45) is 0 Å². The van der Waals surface area contributed by atoms with Crippen LogP contribution in [0.15, 0.2) is 48.5 Å². The lowest BCUT2D eigenvalue weighted by molar-refractivity contribution is -0.142. The van der Waals surface area contributed by atoms with Crippen LogP contribution in [0.3, 0.4) is 0 Å². The maximum Gasteiger partial charge on any atom is 0.410 e. The number of halogens is 2. The Hall–Kier alpha value is -2.77. The predicted molar refractivity (Wildman–Crippen MR) is 116 cm³/mol. The summed E-state index contributed by atoms with van der Waals surface area (Å²) in [7, 11) is 0. The van der Waals surface area contributed by atoms with Gasteiger partial charge in [0.05, 0.1) is 0 Å². The monoisotopic (exact) mass is 464 g/mol. The van der Waals surface area contributed by atoms with Crippen molar-refractivity contribution in [3.05, 3.63) is 69.7 Å². The van der Waals surface area contributed by atoms with Gasteiger partial charge in [-0.05, 0) is 36.1 Å². The number of hydrogen-bond donors (Lipinski definition) is 2. The molecule has 31 heavy (non-hydrogen) atoms. The van der Waals surface area contributed by atoms with Crippen molar-refractivity contribution < 1.29 is 24.2 Å². The Labute approximate surface area is 189 Å². The molecule has 0 spiro atoms. The Morgan fingerprint density at radius 2 is 1.77 bits per heavy atom. The molecule has 1 fully saturated rings. The largest absolute Gasteiger partial charge is 0.480 e. The number of amides is 2. The molecule has 9 heteroatoms. The van der Waals surface area contributed by atoms with Crippen LogP contribution >= 0.6 is 23.2 Å². The molecule has 1 aliphatic rings. The van der Waals surface area contributed by atoms with Gasteiger partial charge < -0.3 is 15.2 Å². The smallest absolute Gasteiger partial charge is 0.410 e. The summed E-state index contributed by atoms with van der Waals surface area (Å²) in [4.78, 5) is 38.4. The quantitative estimate of drug-likeness (QED) is 0.647. The van der Waals surface area contributed by atoms with Gasteiger partial charge in [0.2, 0.25) is 5.91 Å². The molecule has 7 nitrogen and oxygen atoms in total. The molecule has 0 saturated carbocycles. The molecule has 164 valence electrons. The van der Waals surface area contributed by atoms with Crippen molar-refractivity contribution in [1.29, 1.82) is 0 Å². The van der Waals surface area contributed by atoms with E-state index in [4.69, 9.17) is 27.9 Å². The molecule has 2 aromatic carbocycles. The van der Waals surface area contributed by atoms with Crippen LogP contribution in [-0.2, 0) is 27.4 Å². The molecule has 0 radical (unpaired) electrons. The van der Waals surface area contributed by atoms with Crippen molar-refractivity contribution in [1.82, 2.24) is 10.2 Å². The molecule has 1 aliphatic heterocycles. The molecule has 2 amide bonds. The SMILES string of the molecule is O=C(N[C@H](Cc1c(Cl)cccc1Cl)C(=O)O)[C@H]1CCCN1C(=O)OCc1ccccc1. The zero-order valence-corrected chi connectivity index (χ0v) is 18.1. The van der Waals surface area contributed by atoms with Gasteiger partial charge in [-0.3, -0.25) is 9.69 Å². The second-order valence-electron chi connectivity index (χ2n) is 7.20. The molecular formula is C22H22Cl2N2O5. The lowest BCUT2D eigenvalue weighted by Gasteiger charge is -2.25. The number of benzene rings is 2. The van der Waals surface area contributed by atoms with Gasteiger partial charge in [-0.25, -0.2) is 9.59 Å². The molecule has 0 aliphatic carbocycles.